The molecule has 3 rings (SSSR count). The second-order valence-electron chi connectivity index (χ2n) is 4.92. The summed E-state index contributed by atoms with van der Waals surface area (Å²) < 4.78 is 4.92. The Morgan fingerprint density at radius 2 is 2.00 bits per heavy atom. The Morgan fingerprint density at radius 1 is 1.21 bits per heavy atom. The first-order valence-corrected chi connectivity index (χ1v) is 6.60. The summed E-state index contributed by atoms with van der Waals surface area (Å²) in [5, 5.41) is 5.84. The average Bonchev–Trinajstić information content (AvgIpc) is 2.95. The van der Waals surface area contributed by atoms with Gasteiger partial charge in [0.25, 0.3) is 0 Å². The number of nitrogens with one attached hydrogen (secondary N) is 1. The molecule has 1 saturated heterocycles. The van der Waals surface area contributed by atoms with Crippen LogP contribution in [0.25, 0.3) is 10.8 Å². The van der Waals surface area contributed by atoms with Crippen molar-refractivity contribution >= 4 is 16.7 Å². The fraction of sp³-hybridized carbons (Fsp3) is 0.312. The third-order valence-electron chi connectivity index (χ3n) is 3.88. The molecule has 19 heavy (non-hydrogen) atoms. The van der Waals surface area contributed by atoms with Crippen LogP contribution in [0.5, 0.6) is 0 Å². The largest absolute Gasteiger partial charge is 0.469 e. The van der Waals surface area contributed by atoms with Gasteiger partial charge in [0.05, 0.1) is 13.0 Å². The van der Waals surface area contributed by atoms with Crippen LogP contribution in [0.15, 0.2) is 42.5 Å². The lowest BCUT2D eigenvalue weighted by atomic mass is 9.91. The van der Waals surface area contributed by atoms with E-state index in [1.807, 2.05) is 18.2 Å². The summed E-state index contributed by atoms with van der Waals surface area (Å²) in [6.07, 6.45) is 0.834. The second-order valence-corrected chi connectivity index (χ2v) is 4.92. The van der Waals surface area contributed by atoms with E-state index < -0.39 is 0 Å². The van der Waals surface area contributed by atoms with Crippen LogP contribution in [-0.4, -0.2) is 19.6 Å². The van der Waals surface area contributed by atoms with E-state index in [4.69, 9.17) is 4.74 Å². The Morgan fingerprint density at radius 3 is 2.84 bits per heavy atom. The summed E-state index contributed by atoms with van der Waals surface area (Å²) >= 11 is 0. The summed E-state index contributed by atoms with van der Waals surface area (Å²) in [4.78, 5) is 11.9. The van der Waals surface area contributed by atoms with Crippen molar-refractivity contribution in [3.8, 4) is 0 Å². The van der Waals surface area contributed by atoms with Gasteiger partial charge >= 0.3 is 5.97 Å². The molecule has 2 aromatic rings. The van der Waals surface area contributed by atoms with Gasteiger partial charge in [-0.25, -0.2) is 0 Å². The van der Waals surface area contributed by atoms with Crippen molar-refractivity contribution in [2.45, 2.75) is 12.5 Å². The molecule has 1 N–H and O–H groups in total. The smallest absolute Gasteiger partial charge is 0.310 e. The highest BCUT2D eigenvalue weighted by molar-refractivity contribution is 5.87. The highest BCUT2D eigenvalue weighted by Crippen LogP contribution is 2.34. The zero-order chi connectivity index (χ0) is 13.2. The first kappa shape index (κ1) is 12.2. The lowest BCUT2D eigenvalue weighted by Crippen LogP contribution is -2.24. The van der Waals surface area contributed by atoms with Crippen molar-refractivity contribution in [1.29, 1.82) is 0 Å². The molecular weight excluding hydrogens is 238 g/mol. The fourth-order valence-corrected chi connectivity index (χ4v) is 2.96. The van der Waals surface area contributed by atoms with Gasteiger partial charge in [0.15, 0.2) is 0 Å². The first-order valence-electron chi connectivity index (χ1n) is 6.60. The summed E-state index contributed by atoms with van der Waals surface area (Å²) in [6, 6.07) is 14.6. The molecule has 1 aliphatic rings. The van der Waals surface area contributed by atoms with Crippen LogP contribution < -0.4 is 5.32 Å². The van der Waals surface area contributed by atoms with Crippen LogP contribution in [0.1, 0.15) is 18.0 Å². The van der Waals surface area contributed by atoms with Crippen molar-refractivity contribution in [2.24, 2.45) is 5.92 Å². The molecule has 0 aliphatic carbocycles. The SMILES string of the molecule is COC(=O)[C@@H]1CCN[C@@H]1c1cccc2ccccc12. The maximum Gasteiger partial charge on any atom is 0.310 e. The van der Waals surface area contributed by atoms with E-state index in [0.29, 0.717) is 0 Å². The van der Waals surface area contributed by atoms with Gasteiger partial charge in [-0.05, 0) is 29.3 Å². The maximum absolute atomic E-state index is 11.9. The second kappa shape index (κ2) is 5.02. The van der Waals surface area contributed by atoms with Crippen molar-refractivity contribution in [3.63, 3.8) is 0 Å². The predicted octanol–water partition coefficient (Wildman–Crippen LogP) is 2.66. The van der Waals surface area contributed by atoms with Crippen LogP contribution in [0.2, 0.25) is 0 Å². The molecule has 3 nitrogen and oxygen atoms in total. The van der Waals surface area contributed by atoms with E-state index in [-0.39, 0.29) is 17.9 Å². The van der Waals surface area contributed by atoms with Gasteiger partial charge in [-0.15, -0.1) is 0 Å². The fourth-order valence-electron chi connectivity index (χ4n) is 2.96. The van der Waals surface area contributed by atoms with Crippen molar-refractivity contribution < 1.29 is 9.53 Å². The van der Waals surface area contributed by atoms with Crippen LogP contribution in [0, 0.1) is 5.92 Å². The van der Waals surface area contributed by atoms with Gasteiger partial charge in [-0.1, -0.05) is 42.5 Å². The predicted molar refractivity (Wildman–Crippen MR) is 74.8 cm³/mol. The summed E-state index contributed by atoms with van der Waals surface area (Å²) in [5.74, 6) is -0.209. The number of ether oxygens (including phenoxy) is 1. The molecule has 0 radical (unpaired) electrons. The molecule has 0 bridgehead atoms. The minimum absolute atomic E-state index is 0.0542. The van der Waals surface area contributed by atoms with Crippen LogP contribution in [0.3, 0.4) is 0 Å². The minimum Gasteiger partial charge on any atom is -0.469 e. The number of fused-ring (bicyclic) bond motifs is 1. The zero-order valence-corrected chi connectivity index (χ0v) is 10.9. The molecular formula is C16H17NO2. The molecule has 0 unspecified atom stereocenters. The van der Waals surface area contributed by atoms with E-state index in [0.717, 1.165) is 13.0 Å². The summed E-state index contributed by atoms with van der Waals surface area (Å²) in [7, 11) is 1.46. The molecule has 2 atom stereocenters. The highest BCUT2D eigenvalue weighted by atomic mass is 16.5. The Kier molecular flexibility index (Phi) is 3.22. The Hall–Kier alpha value is -1.87. The molecule has 1 heterocycles. The number of carbonyl (C=O) groups excluding carboxylic acids is 1. The van der Waals surface area contributed by atoms with E-state index in [9.17, 15) is 4.79 Å². The number of hydrogen-bond donors (Lipinski definition) is 1. The third kappa shape index (κ3) is 2.10. The number of rotatable bonds is 2. The quantitative estimate of drug-likeness (QED) is 0.838. The Balaban J connectivity index is 2.06. The lowest BCUT2D eigenvalue weighted by Gasteiger charge is -2.19. The van der Waals surface area contributed by atoms with Crippen LogP contribution >= 0.6 is 0 Å². The summed E-state index contributed by atoms with van der Waals surface area (Å²) in [6.45, 7) is 0.855. The van der Waals surface area contributed by atoms with Gasteiger partial charge < -0.3 is 10.1 Å². The number of hydrogen-bond acceptors (Lipinski definition) is 3. The van der Waals surface area contributed by atoms with Gasteiger partial charge in [-0.3, -0.25) is 4.79 Å². The summed E-state index contributed by atoms with van der Waals surface area (Å²) in [5.41, 5.74) is 1.19. The molecule has 98 valence electrons. The van der Waals surface area contributed by atoms with Crippen molar-refractivity contribution in [1.82, 2.24) is 5.32 Å². The average molecular weight is 255 g/mol. The van der Waals surface area contributed by atoms with E-state index in [1.54, 1.807) is 0 Å². The Bertz CT molecular complexity index is 603. The lowest BCUT2D eigenvalue weighted by molar-refractivity contribution is -0.145. The Labute approximate surface area is 112 Å². The van der Waals surface area contributed by atoms with E-state index in [2.05, 4.69) is 29.6 Å². The first-order chi connectivity index (χ1) is 9.31. The number of methoxy groups -OCH3 is 1. The maximum atomic E-state index is 11.9. The third-order valence-corrected chi connectivity index (χ3v) is 3.88. The number of carbonyl (C=O) groups is 1. The van der Waals surface area contributed by atoms with Gasteiger partial charge in [0, 0.05) is 6.04 Å². The monoisotopic (exact) mass is 255 g/mol. The molecule has 1 fully saturated rings. The normalized spacial score (nSPS) is 22.6. The zero-order valence-electron chi connectivity index (χ0n) is 10.9. The number of benzene rings is 2. The van der Waals surface area contributed by atoms with Gasteiger partial charge in [-0.2, -0.15) is 0 Å². The molecule has 0 aromatic heterocycles. The standard InChI is InChI=1S/C16H17NO2/c1-19-16(18)14-9-10-17-15(14)13-8-4-6-11-5-2-3-7-12(11)13/h2-8,14-15,17H,9-10H2,1H3/t14-,15-/m1/s1. The molecule has 0 saturated carbocycles. The van der Waals surface area contributed by atoms with Crippen LogP contribution in [-0.2, 0) is 9.53 Å². The van der Waals surface area contributed by atoms with Crippen LogP contribution in [0.4, 0.5) is 0 Å². The van der Waals surface area contributed by atoms with Crippen molar-refractivity contribution in [2.75, 3.05) is 13.7 Å². The van der Waals surface area contributed by atoms with Gasteiger partial charge in [0.1, 0.15) is 0 Å². The molecule has 0 spiro atoms. The molecule has 3 heteroatoms. The highest BCUT2D eigenvalue weighted by Gasteiger charge is 2.35. The number of esters is 1. The topological polar surface area (TPSA) is 38.3 Å². The van der Waals surface area contributed by atoms with Crippen molar-refractivity contribution in [3.05, 3.63) is 48.0 Å². The molecule has 2 aromatic carbocycles. The van der Waals surface area contributed by atoms with E-state index in [1.165, 1.54) is 23.4 Å². The molecule has 1 aliphatic heterocycles. The minimum atomic E-state index is -0.122. The molecule has 0 amide bonds. The van der Waals surface area contributed by atoms with Gasteiger partial charge in [0.2, 0.25) is 0 Å². The van der Waals surface area contributed by atoms with E-state index >= 15 is 0 Å².